The van der Waals surface area contributed by atoms with Crippen molar-refractivity contribution in [1.82, 2.24) is 30.5 Å². The fourth-order valence-corrected chi connectivity index (χ4v) is 8.56. The average Bonchev–Trinajstić information content (AvgIpc) is 3.64. The normalized spacial score (nSPS) is 23.3. The number of sulfonamides is 1. The molecule has 2 atom stereocenters. The summed E-state index contributed by atoms with van der Waals surface area (Å²) in [6.07, 6.45) is 8.94. The van der Waals surface area contributed by atoms with Gasteiger partial charge in [0.05, 0.1) is 17.8 Å². The van der Waals surface area contributed by atoms with Gasteiger partial charge in [-0.3, -0.25) is 19.2 Å². The first-order chi connectivity index (χ1) is 20.7. The van der Waals surface area contributed by atoms with Gasteiger partial charge in [-0.2, -0.15) is 0 Å². The van der Waals surface area contributed by atoms with Crippen molar-refractivity contribution in [2.45, 2.75) is 121 Å². The van der Waals surface area contributed by atoms with E-state index >= 15 is 0 Å². The van der Waals surface area contributed by atoms with Gasteiger partial charge in [0.15, 0.2) is 0 Å². The van der Waals surface area contributed by atoms with E-state index in [0.29, 0.717) is 45.3 Å². The van der Waals surface area contributed by atoms with Crippen LogP contribution < -0.4 is 21.3 Å². The smallest absolute Gasteiger partial charge is 0.315 e. The number of hydrogen-bond acceptors (Lipinski definition) is 7. The highest BCUT2D eigenvalue weighted by molar-refractivity contribution is 7.89. The number of amides is 5. The summed E-state index contributed by atoms with van der Waals surface area (Å²) in [7, 11) is -3.59. The lowest BCUT2D eigenvalue weighted by Gasteiger charge is -2.41. The van der Waals surface area contributed by atoms with Crippen molar-refractivity contribution >= 4 is 39.6 Å². The monoisotopic (exact) mass is 638 g/mol. The van der Waals surface area contributed by atoms with E-state index in [0.717, 1.165) is 51.4 Å². The third kappa shape index (κ3) is 8.92. The fraction of sp³-hybridized carbons (Fsp3) is 0.833. The molecule has 4 rings (SSSR count). The van der Waals surface area contributed by atoms with Crippen LogP contribution in [0.3, 0.4) is 0 Å². The van der Waals surface area contributed by atoms with E-state index in [1.165, 1.54) is 4.90 Å². The van der Waals surface area contributed by atoms with Crippen LogP contribution in [0, 0.1) is 5.41 Å². The molecule has 2 saturated heterocycles. The summed E-state index contributed by atoms with van der Waals surface area (Å²) in [6.45, 7) is 6.29. The molecule has 44 heavy (non-hydrogen) atoms. The number of carbonyl (C=O) groups is 5. The second-order valence-corrected chi connectivity index (χ2v) is 16.0. The first-order valence-corrected chi connectivity index (χ1v) is 17.8. The minimum absolute atomic E-state index is 0.0243. The zero-order chi connectivity index (χ0) is 32.1. The van der Waals surface area contributed by atoms with Crippen LogP contribution in [0.5, 0.6) is 0 Å². The SMILES string of the molecule is CC(C)(C)[C@H](NC(=O)NC1(CS(=O)(=O)N2CCCCC2)CCCCC1)C(=O)N1CCC[C@H]1C(=O)NCC(=O)C(=O)NC1CC1. The molecule has 2 aliphatic carbocycles. The summed E-state index contributed by atoms with van der Waals surface area (Å²) >= 11 is 0. The quantitative estimate of drug-likeness (QED) is 0.246. The Hall–Kier alpha value is -2.74. The summed E-state index contributed by atoms with van der Waals surface area (Å²) in [5, 5.41) is 10.9. The number of ketones is 1. The number of Topliss-reactive ketones (excluding diaryl/α,β-unsaturated/α-hetero) is 1. The van der Waals surface area contributed by atoms with E-state index in [1.807, 2.05) is 20.8 Å². The van der Waals surface area contributed by atoms with E-state index in [9.17, 15) is 32.4 Å². The lowest BCUT2D eigenvalue weighted by Crippen LogP contribution is -2.63. The lowest BCUT2D eigenvalue weighted by molar-refractivity contribution is -0.142. The standard InChI is InChI=1S/C30H50N6O7S/c1-29(2,3)24(27(40)36-18-10-11-22(36)25(38)31-19-23(37)26(39)32-21-12-13-21)33-28(41)34-30(14-6-4-7-15-30)20-44(42,43)35-16-8-5-9-17-35/h21-22,24H,4-20H2,1-3H3,(H,31,38)(H,32,39)(H2,33,34,41)/t22-,24+/m0/s1. The third-order valence-corrected chi connectivity index (χ3v) is 11.2. The number of rotatable bonds is 11. The number of carbonyl (C=O) groups excluding carboxylic acids is 5. The molecule has 2 saturated carbocycles. The molecule has 4 N–H and O–H groups in total. The molecule has 4 fully saturated rings. The van der Waals surface area contributed by atoms with Crippen LogP contribution >= 0.6 is 0 Å². The molecule has 0 spiro atoms. The van der Waals surface area contributed by atoms with Crippen molar-refractivity contribution in [2.24, 2.45) is 5.41 Å². The van der Waals surface area contributed by atoms with Crippen LogP contribution in [-0.2, 0) is 29.2 Å². The molecule has 0 aromatic carbocycles. The molecule has 0 bridgehead atoms. The van der Waals surface area contributed by atoms with Gasteiger partial charge in [-0.15, -0.1) is 0 Å². The van der Waals surface area contributed by atoms with Crippen LogP contribution in [0.1, 0.15) is 97.8 Å². The topological polar surface area (TPSA) is 174 Å². The number of nitrogens with one attached hydrogen (secondary N) is 4. The van der Waals surface area contributed by atoms with Crippen molar-refractivity contribution < 1.29 is 32.4 Å². The van der Waals surface area contributed by atoms with Gasteiger partial charge in [-0.25, -0.2) is 17.5 Å². The minimum atomic E-state index is -3.59. The molecular formula is C30H50N6O7S. The van der Waals surface area contributed by atoms with Crippen molar-refractivity contribution in [2.75, 3.05) is 31.9 Å². The van der Waals surface area contributed by atoms with Crippen molar-refractivity contribution in [3.8, 4) is 0 Å². The van der Waals surface area contributed by atoms with Crippen LogP contribution in [0.15, 0.2) is 0 Å². The Balaban J connectivity index is 1.40. The van der Waals surface area contributed by atoms with Crippen LogP contribution in [0.2, 0.25) is 0 Å². The second kappa shape index (κ2) is 14.1. The van der Waals surface area contributed by atoms with Gasteiger partial charge in [0.2, 0.25) is 27.6 Å². The summed E-state index contributed by atoms with van der Waals surface area (Å²) in [5.41, 5.74) is -1.66. The molecule has 248 valence electrons. The van der Waals surface area contributed by atoms with E-state index in [4.69, 9.17) is 0 Å². The van der Waals surface area contributed by atoms with E-state index in [1.54, 1.807) is 4.31 Å². The highest BCUT2D eigenvalue weighted by Gasteiger charge is 2.44. The van der Waals surface area contributed by atoms with E-state index in [2.05, 4.69) is 21.3 Å². The first-order valence-electron chi connectivity index (χ1n) is 16.2. The highest BCUT2D eigenvalue weighted by Crippen LogP contribution is 2.32. The first kappa shape index (κ1) is 34.1. The predicted octanol–water partition coefficient (Wildman–Crippen LogP) is 1.17. The molecule has 13 nitrogen and oxygen atoms in total. The van der Waals surface area contributed by atoms with Gasteiger partial charge >= 0.3 is 6.03 Å². The molecule has 14 heteroatoms. The Morgan fingerprint density at radius 3 is 2.11 bits per heavy atom. The maximum Gasteiger partial charge on any atom is 0.315 e. The van der Waals surface area contributed by atoms with Gasteiger partial charge in [-0.1, -0.05) is 46.5 Å². The second-order valence-electron chi connectivity index (χ2n) is 14.0. The number of hydrogen-bond donors (Lipinski definition) is 4. The number of piperidine rings is 1. The molecule has 2 aliphatic heterocycles. The van der Waals surface area contributed by atoms with Crippen LogP contribution in [0.25, 0.3) is 0 Å². The fourth-order valence-electron chi connectivity index (χ4n) is 6.50. The largest absolute Gasteiger partial charge is 0.347 e. The predicted molar refractivity (Wildman–Crippen MR) is 164 cm³/mol. The lowest BCUT2D eigenvalue weighted by atomic mass is 9.83. The van der Waals surface area contributed by atoms with Crippen LogP contribution in [-0.4, -0.2) is 103 Å². The Labute approximate surface area is 261 Å². The molecule has 4 aliphatic rings. The maximum absolute atomic E-state index is 13.9. The Morgan fingerprint density at radius 1 is 0.864 bits per heavy atom. The molecule has 2 heterocycles. The van der Waals surface area contributed by atoms with Crippen molar-refractivity contribution in [3.63, 3.8) is 0 Å². The summed E-state index contributed by atoms with van der Waals surface area (Å²) in [4.78, 5) is 66.0. The van der Waals surface area contributed by atoms with Crippen molar-refractivity contribution in [1.29, 1.82) is 0 Å². The van der Waals surface area contributed by atoms with Gasteiger partial charge in [-0.05, 0) is 56.8 Å². The van der Waals surface area contributed by atoms with E-state index in [-0.39, 0.29) is 11.8 Å². The third-order valence-electron chi connectivity index (χ3n) is 9.17. The zero-order valence-corrected chi connectivity index (χ0v) is 27.2. The average molecular weight is 639 g/mol. The van der Waals surface area contributed by atoms with Gasteiger partial charge < -0.3 is 26.2 Å². The summed E-state index contributed by atoms with van der Waals surface area (Å²) in [5.74, 6) is -2.60. The Morgan fingerprint density at radius 2 is 1.50 bits per heavy atom. The van der Waals surface area contributed by atoms with Gasteiger partial charge in [0, 0.05) is 25.7 Å². The molecular weight excluding hydrogens is 588 g/mol. The van der Waals surface area contributed by atoms with E-state index < -0.39 is 69.1 Å². The summed E-state index contributed by atoms with van der Waals surface area (Å²) in [6, 6.07) is -2.42. The maximum atomic E-state index is 13.9. The molecule has 0 aromatic heterocycles. The summed E-state index contributed by atoms with van der Waals surface area (Å²) < 4.78 is 28.3. The zero-order valence-electron chi connectivity index (χ0n) is 26.4. The number of nitrogens with zero attached hydrogens (tertiary/aromatic N) is 2. The van der Waals surface area contributed by atoms with Gasteiger partial charge in [0.1, 0.15) is 12.1 Å². The van der Waals surface area contributed by atoms with Crippen molar-refractivity contribution in [3.05, 3.63) is 0 Å². The Kier molecular flexibility index (Phi) is 11.0. The molecule has 0 radical (unpaired) electrons. The Bertz CT molecular complexity index is 1200. The molecule has 0 unspecified atom stereocenters. The molecule has 5 amide bonds. The number of likely N-dealkylation sites (tertiary alicyclic amines) is 1. The highest BCUT2D eigenvalue weighted by atomic mass is 32.2. The minimum Gasteiger partial charge on any atom is -0.347 e. The molecule has 0 aromatic rings. The van der Waals surface area contributed by atoms with Gasteiger partial charge in [0.25, 0.3) is 5.91 Å². The van der Waals surface area contributed by atoms with Crippen LogP contribution in [0.4, 0.5) is 4.79 Å². The number of urea groups is 1.